The molecule has 1 N–H and O–H groups in total. The Morgan fingerprint density at radius 2 is 1.71 bits per heavy atom. The quantitative estimate of drug-likeness (QED) is 0.537. The number of benzene rings is 2. The van der Waals surface area contributed by atoms with E-state index in [4.69, 9.17) is 4.52 Å². The van der Waals surface area contributed by atoms with E-state index in [1.165, 1.54) is 12.1 Å². The maximum absolute atomic E-state index is 12.6. The molecule has 28 heavy (non-hydrogen) atoms. The van der Waals surface area contributed by atoms with E-state index in [0.717, 1.165) is 11.6 Å². The highest BCUT2D eigenvalue weighted by Crippen LogP contribution is 2.31. The van der Waals surface area contributed by atoms with Gasteiger partial charge >= 0.3 is 13.2 Å². The Kier molecular flexibility index (Phi) is 6.30. The Morgan fingerprint density at radius 3 is 2.43 bits per heavy atom. The van der Waals surface area contributed by atoms with Gasteiger partial charge in [-0.05, 0) is 17.7 Å². The van der Waals surface area contributed by atoms with Gasteiger partial charge in [-0.15, -0.1) is 0 Å². The lowest BCUT2D eigenvalue weighted by molar-refractivity contribution is -0.0539. The fourth-order valence-corrected chi connectivity index (χ4v) is 2.40. The van der Waals surface area contributed by atoms with Crippen molar-refractivity contribution in [3.8, 4) is 11.5 Å². The molecule has 148 valence electrons. The summed E-state index contributed by atoms with van der Waals surface area (Å²) >= 11 is 0. The van der Waals surface area contributed by atoms with E-state index in [-0.39, 0.29) is 29.6 Å². The van der Waals surface area contributed by atoms with Gasteiger partial charge in [-0.2, -0.15) is 22.5 Å². The molecule has 3 aromatic rings. The lowest BCUT2D eigenvalue weighted by atomic mass is 10.1. The Bertz CT molecular complexity index is 891. The summed E-state index contributed by atoms with van der Waals surface area (Å²) in [6.07, 6.45) is 0.476. The minimum Gasteiger partial charge on any atom is -0.435 e. The van der Waals surface area contributed by atoms with Gasteiger partial charge in [0.1, 0.15) is 5.75 Å². The molecule has 0 amide bonds. The normalized spacial score (nSPS) is 11.1. The molecule has 0 saturated carbocycles. The Labute approximate surface area is 157 Å². The zero-order valence-electron chi connectivity index (χ0n) is 14.3. The van der Waals surface area contributed by atoms with Crippen LogP contribution in [0.25, 0.3) is 0 Å². The zero-order chi connectivity index (χ0) is 19.9. The molecule has 0 bridgehead atoms. The van der Waals surface area contributed by atoms with Crippen molar-refractivity contribution in [1.82, 2.24) is 10.1 Å². The van der Waals surface area contributed by atoms with Crippen molar-refractivity contribution in [2.75, 3.05) is 5.32 Å². The summed E-state index contributed by atoms with van der Waals surface area (Å²) in [5.74, 6) is 0.0332. The summed E-state index contributed by atoms with van der Waals surface area (Å²) in [5, 5.41) is 6.66. The Hall–Kier alpha value is -3.30. The van der Waals surface area contributed by atoms with E-state index in [2.05, 4.69) is 24.9 Å². The first-order valence-electron chi connectivity index (χ1n) is 8.12. The van der Waals surface area contributed by atoms with Crippen LogP contribution in [-0.4, -0.2) is 23.4 Å². The summed E-state index contributed by atoms with van der Waals surface area (Å²) < 4.78 is 63.4. The number of ether oxygens (including phenoxy) is 2. The highest BCUT2D eigenvalue weighted by atomic mass is 19.3. The topological polar surface area (TPSA) is 69.4 Å². The number of aromatic nitrogens is 2. The standard InChI is InChI=1S/C18H15F4N3O3/c19-17(20)26-12-6-7-13(14(9-12)27-18(21)22)23-10-16-24-15(25-28-16)8-11-4-2-1-3-5-11/h1-7,9,17-18,23H,8,10H2. The van der Waals surface area contributed by atoms with Crippen molar-refractivity contribution in [2.45, 2.75) is 26.2 Å². The van der Waals surface area contributed by atoms with Gasteiger partial charge in [0.2, 0.25) is 5.89 Å². The van der Waals surface area contributed by atoms with Crippen molar-refractivity contribution in [2.24, 2.45) is 0 Å². The molecule has 0 saturated heterocycles. The first kappa shape index (κ1) is 19.5. The van der Waals surface area contributed by atoms with Crippen LogP contribution in [-0.2, 0) is 13.0 Å². The minimum absolute atomic E-state index is 0.0242. The van der Waals surface area contributed by atoms with E-state index in [1.807, 2.05) is 30.3 Å². The molecule has 1 heterocycles. The second-order valence-corrected chi connectivity index (χ2v) is 5.54. The van der Waals surface area contributed by atoms with Gasteiger partial charge in [-0.3, -0.25) is 0 Å². The molecule has 0 atom stereocenters. The highest BCUT2D eigenvalue weighted by Gasteiger charge is 2.14. The molecule has 10 heteroatoms. The largest absolute Gasteiger partial charge is 0.435 e. The van der Waals surface area contributed by atoms with E-state index >= 15 is 0 Å². The van der Waals surface area contributed by atoms with Gasteiger partial charge < -0.3 is 19.3 Å². The SMILES string of the molecule is FC(F)Oc1ccc(NCc2nc(Cc3ccccc3)no2)c(OC(F)F)c1. The third-order valence-electron chi connectivity index (χ3n) is 3.54. The summed E-state index contributed by atoms with van der Waals surface area (Å²) in [6, 6.07) is 12.9. The van der Waals surface area contributed by atoms with Crippen molar-refractivity contribution in [1.29, 1.82) is 0 Å². The predicted molar refractivity (Wildman–Crippen MR) is 90.6 cm³/mol. The number of alkyl halides is 4. The average Bonchev–Trinajstić information content (AvgIpc) is 3.08. The Morgan fingerprint density at radius 1 is 0.964 bits per heavy atom. The van der Waals surface area contributed by atoms with Crippen LogP contribution in [0.15, 0.2) is 53.1 Å². The van der Waals surface area contributed by atoms with Crippen LogP contribution in [0.3, 0.4) is 0 Å². The summed E-state index contributed by atoms with van der Waals surface area (Å²) in [4.78, 5) is 4.22. The molecular weight excluding hydrogens is 382 g/mol. The average molecular weight is 397 g/mol. The van der Waals surface area contributed by atoms with Crippen molar-refractivity contribution < 1.29 is 31.6 Å². The van der Waals surface area contributed by atoms with Gasteiger partial charge in [-0.25, -0.2) is 0 Å². The monoisotopic (exact) mass is 397 g/mol. The molecule has 0 aliphatic carbocycles. The van der Waals surface area contributed by atoms with Crippen molar-refractivity contribution >= 4 is 5.69 Å². The molecule has 0 unspecified atom stereocenters. The number of hydrogen-bond donors (Lipinski definition) is 1. The van der Waals surface area contributed by atoms with Crippen molar-refractivity contribution in [3.63, 3.8) is 0 Å². The third kappa shape index (κ3) is 5.60. The molecule has 0 aliphatic heterocycles. The molecule has 0 aliphatic rings. The maximum Gasteiger partial charge on any atom is 0.387 e. The summed E-state index contributed by atoms with van der Waals surface area (Å²) in [5.41, 5.74) is 1.13. The molecule has 0 spiro atoms. The fourth-order valence-electron chi connectivity index (χ4n) is 2.40. The maximum atomic E-state index is 12.6. The van der Waals surface area contributed by atoms with Crippen LogP contribution in [0.1, 0.15) is 17.3 Å². The number of hydrogen-bond acceptors (Lipinski definition) is 6. The van der Waals surface area contributed by atoms with E-state index in [1.54, 1.807) is 0 Å². The smallest absolute Gasteiger partial charge is 0.387 e. The van der Waals surface area contributed by atoms with Crippen LogP contribution in [0.5, 0.6) is 11.5 Å². The minimum atomic E-state index is -3.14. The second-order valence-electron chi connectivity index (χ2n) is 5.54. The van der Waals surface area contributed by atoms with Crippen LogP contribution in [0.4, 0.5) is 23.2 Å². The number of anilines is 1. The third-order valence-corrected chi connectivity index (χ3v) is 3.54. The molecule has 0 radical (unpaired) electrons. The summed E-state index contributed by atoms with van der Waals surface area (Å²) in [6.45, 7) is -6.20. The van der Waals surface area contributed by atoms with E-state index in [0.29, 0.717) is 12.2 Å². The molecular formula is C18H15F4N3O3. The lowest BCUT2D eigenvalue weighted by Crippen LogP contribution is -2.08. The highest BCUT2D eigenvalue weighted by molar-refractivity contribution is 5.59. The van der Waals surface area contributed by atoms with Gasteiger partial charge in [-0.1, -0.05) is 35.5 Å². The first-order chi connectivity index (χ1) is 13.5. The Balaban J connectivity index is 1.66. The number of nitrogens with one attached hydrogen (secondary N) is 1. The van der Waals surface area contributed by atoms with Crippen LogP contribution >= 0.6 is 0 Å². The molecule has 1 aromatic heterocycles. The molecule has 3 rings (SSSR count). The fraction of sp³-hybridized carbons (Fsp3) is 0.222. The molecule has 2 aromatic carbocycles. The number of nitrogens with zero attached hydrogens (tertiary/aromatic N) is 2. The van der Waals surface area contributed by atoms with E-state index in [9.17, 15) is 17.6 Å². The lowest BCUT2D eigenvalue weighted by Gasteiger charge is -2.13. The van der Waals surface area contributed by atoms with Crippen LogP contribution < -0.4 is 14.8 Å². The number of rotatable bonds is 9. The predicted octanol–water partition coefficient (Wildman–Crippen LogP) is 4.48. The summed E-state index contributed by atoms with van der Waals surface area (Å²) in [7, 11) is 0. The number of halogens is 4. The van der Waals surface area contributed by atoms with Gasteiger partial charge in [0.25, 0.3) is 0 Å². The first-order valence-corrected chi connectivity index (χ1v) is 8.12. The van der Waals surface area contributed by atoms with Crippen LogP contribution in [0.2, 0.25) is 0 Å². The second kappa shape index (κ2) is 9.07. The van der Waals surface area contributed by atoms with Crippen LogP contribution in [0, 0.1) is 0 Å². The van der Waals surface area contributed by atoms with E-state index < -0.39 is 13.2 Å². The van der Waals surface area contributed by atoms with Gasteiger partial charge in [0.15, 0.2) is 11.6 Å². The van der Waals surface area contributed by atoms with Gasteiger partial charge in [0.05, 0.1) is 12.2 Å². The van der Waals surface area contributed by atoms with Gasteiger partial charge in [0, 0.05) is 12.5 Å². The molecule has 0 fully saturated rings. The van der Waals surface area contributed by atoms with Crippen molar-refractivity contribution in [3.05, 3.63) is 65.8 Å². The zero-order valence-corrected chi connectivity index (χ0v) is 14.3. The molecule has 6 nitrogen and oxygen atoms in total.